The Morgan fingerprint density at radius 3 is 2.15 bits per heavy atom. The molecule has 0 aromatic heterocycles. The number of amides is 2. The summed E-state index contributed by atoms with van der Waals surface area (Å²) >= 11 is 21.8. The van der Waals surface area contributed by atoms with Crippen molar-refractivity contribution in [2.75, 3.05) is 0 Å². The standard InChI is InChI=1S/C24H15Cl3INO3S/c25-17-5-1-14(2-6-17)12-29-23(30)21(33-24(29)31)11-16-9-19(26)22(20(27)10-16)32-13-15-3-7-18(28)8-4-15/h1-11H,12-13H2/b21-11+. The first-order valence-corrected chi connectivity index (χ1v) is 12.7. The second kappa shape index (κ2) is 10.7. The number of thioether (sulfide) groups is 1. The highest BCUT2D eigenvalue weighted by Crippen LogP contribution is 2.38. The van der Waals surface area contributed by atoms with Crippen LogP contribution in [0.3, 0.4) is 0 Å². The average Bonchev–Trinajstić information content (AvgIpc) is 3.03. The van der Waals surface area contributed by atoms with Gasteiger partial charge in [-0.1, -0.05) is 59.1 Å². The summed E-state index contributed by atoms with van der Waals surface area (Å²) in [5, 5.41) is 0.891. The third-order valence-corrected chi connectivity index (χ3v) is 7.18. The zero-order valence-electron chi connectivity index (χ0n) is 16.9. The Labute approximate surface area is 224 Å². The Morgan fingerprint density at radius 2 is 1.52 bits per heavy atom. The van der Waals surface area contributed by atoms with Crippen LogP contribution in [0.1, 0.15) is 16.7 Å². The van der Waals surface area contributed by atoms with Gasteiger partial charge in [-0.25, -0.2) is 0 Å². The van der Waals surface area contributed by atoms with Gasteiger partial charge in [0.2, 0.25) is 0 Å². The summed E-state index contributed by atoms with van der Waals surface area (Å²) in [5.74, 6) is -0.00360. The Hall–Kier alpha value is -1.71. The van der Waals surface area contributed by atoms with E-state index in [1.54, 1.807) is 42.5 Å². The molecule has 1 saturated heterocycles. The molecule has 0 aliphatic carbocycles. The number of halogens is 4. The highest BCUT2D eigenvalue weighted by Gasteiger charge is 2.35. The van der Waals surface area contributed by atoms with Crippen molar-refractivity contribution in [1.82, 2.24) is 4.90 Å². The summed E-state index contributed by atoms with van der Waals surface area (Å²) in [6, 6.07) is 18.2. The molecule has 1 heterocycles. The van der Waals surface area contributed by atoms with Gasteiger partial charge in [0.15, 0.2) is 5.75 Å². The first kappa shape index (κ1) is 24.4. The maximum absolute atomic E-state index is 12.8. The number of carbonyl (C=O) groups excluding carboxylic acids is 2. The molecule has 168 valence electrons. The van der Waals surface area contributed by atoms with Gasteiger partial charge in [-0.3, -0.25) is 14.5 Å². The van der Waals surface area contributed by atoms with E-state index in [2.05, 4.69) is 22.6 Å². The van der Waals surface area contributed by atoms with Crippen LogP contribution in [0.4, 0.5) is 4.79 Å². The molecule has 3 aromatic rings. The van der Waals surface area contributed by atoms with Gasteiger partial charge in [-0.05, 0) is 93.5 Å². The van der Waals surface area contributed by atoms with Crippen molar-refractivity contribution in [1.29, 1.82) is 0 Å². The third kappa shape index (κ3) is 6.05. The number of hydrogen-bond acceptors (Lipinski definition) is 4. The Bertz CT molecular complexity index is 1220. The molecule has 1 fully saturated rings. The summed E-state index contributed by atoms with van der Waals surface area (Å²) < 4.78 is 6.95. The maximum atomic E-state index is 12.8. The van der Waals surface area contributed by atoms with E-state index in [4.69, 9.17) is 39.5 Å². The fraction of sp³-hybridized carbons (Fsp3) is 0.0833. The molecule has 33 heavy (non-hydrogen) atoms. The van der Waals surface area contributed by atoms with Crippen molar-refractivity contribution in [3.8, 4) is 5.75 Å². The number of carbonyl (C=O) groups is 2. The number of ether oxygens (including phenoxy) is 1. The van der Waals surface area contributed by atoms with Gasteiger partial charge in [-0.2, -0.15) is 0 Å². The molecule has 1 aliphatic rings. The lowest BCUT2D eigenvalue weighted by molar-refractivity contribution is -0.123. The lowest BCUT2D eigenvalue weighted by Crippen LogP contribution is -2.27. The summed E-state index contributed by atoms with van der Waals surface area (Å²) in [6.45, 7) is 0.491. The molecule has 0 atom stereocenters. The van der Waals surface area contributed by atoms with Crippen molar-refractivity contribution >= 4 is 86.4 Å². The zero-order valence-corrected chi connectivity index (χ0v) is 22.1. The molecule has 3 aromatic carbocycles. The topological polar surface area (TPSA) is 46.6 Å². The van der Waals surface area contributed by atoms with E-state index in [0.29, 0.717) is 37.9 Å². The SMILES string of the molecule is O=C1S/C(=C/c2cc(Cl)c(OCc3ccc(I)cc3)c(Cl)c2)C(=O)N1Cc1ccc(Cl)cc1. The fourth-order valence-electron chi connectivity index (χ4n) is 3.10. The monoisotopic (exact) mass is 629 g/mol. The largest absolute Gasteiger partial charge is 0.486 e. The zero-order chi connectivity index (χ0) is 23.5. The van der Waals surface area contributed by atoms with Crippen LogP contribution in [0.5, 0.6) is 5.75 Å². The molecular weight excluding hydrogens is 616 g/mol. The molecule has 4 nitrogen and oxygen atoms in total. The lowest BCUT2D eigenvalue weighted by Gasteiger charge is -2.12. The van der Waals surface area contributed by atoms with E-state index in [-0.39, 0.29) is 17.7 Å². The summed E-state index contributed by atoms with van der Waals surface area (Å²) in [4.78, 5) is 26.7. The van der Waals surface area contributed by atoms with Crippen LogP contribution >= 0.6 is 69.2 Å². The van der Waals surface area contributed by atoms with E-state index in [9.17, 15) is 9.59 Å². The molecular formula is C24H15Cl3INO3S. The maximum Gasteiger partial charge on any atom is 0.293 e. The van der Waals surface area contributed by atoms with Crippen LogP contribution in [-0.4, -0.2) is 16.0 Å². The minimum Gasteiger partial charge on any atom is -0.486 e. The molecule has 4 rings (SSSR count). The minimum atomic E-state index is -0.369. The van der Waals surface area contributed by atoms with Crippen LogP contribution in [0.25, 0.3) is 6.08 Å². The summed E-state index contributed by atoms with van der Waals surface area (Å²) in [5.41, 5.74) is 2.40. The number of nitrogens with zero attached hydrogens (tertiary/aromatic N) is 1. The van der Waals surface area contributed by atoms with E-state index >= 15 is 0 Å². The first-order chi connectivity index (χ1) is 15.8. The fourth-order valence-corrected chi connectivity index (χ4v) is 5.03. The van der Waals surface area contributed by atoms with Gasteiger partial charge < -0.3 is 4.74 Å². The van der Waals surface area contributed by atoms with Crippen LogP contribution in [-0.2, 0) is 17.9 Å². The third-order valence-electron chi connectivity index (χ3n) is 4.74. The van der Waals surface area contributed by atoms with E-state index in [0.717, 1.165) is 26.5 Å². The van der Waals surface area contributed by atoms with E-state index < -0.39 is 0 Å². The second-order valence-corrected chi connectivity index (χ2v) is 10.6. The average molecular weight is 631 g/mol. The van der Waals surface area contributed by atoms with Crippen molar-refractivity contribution in [2.45, 2.75) is 13.2 Å². The normalized spacial score (nSPS) is 14.9. The quantitative estimate of drug-likeness (QED) is 0.204. The van der Waals surface area contributed by atoms with Crippen molar-refractivity contribution < 1.29 is 14.3 Å². The van der Waals surface area contributed by atoms with Gasteiger partial charge in [-0.15, -0.1) is 0 Å². The van der Waals surface area contributed by atoms with Crippen molar-refractivity contribution in [2.24, 2.45) is 0 Å². The van der Waals surface area contributed by atoms with Crippen molar-refractivity contribution in [3.63, 3.8) is 0 Å². The number of hydrogen-bond donors (Lipinski definition) is 0. The Morgan fingerprint density at radius 1 is 0.909 bits per heavy atom. The Kier molecular flexibility index (Phi) is 7.91. The smallest absolute Gasteiger partial charge is 0.293 e. The second-order valence-electron chi connectivity index (χ2n) is 7.12. The molecule has 0 N–H and O–H groups in total. The molecule has 0 radical (unpaired) electrons. The summed E-state index contributed by atoms with van der Waals surface area (Å²) in [7, 11) is 0. The van der Waals surface area contributed by atoms with Gasteiger partial charge in [0.25, 0.3) is 11.1 Å². The minimum absolute atomic E-state index is 0.173. The molecule has 0 unspecified atom stereocenters. The van der Waals surface area contributed by atoms with Crippen LogP contribution < -0.4 is 4.74 Å². The van der Waals surface area contributed by atoms with E-state index in [1.807, 2.05) is 24.3 Å². The van der Waals surface area contributed by atoms with Gasteiger partial charge >= 0.3 is 0 Å². The highest BCUT2D eigenvalue weighted by atomic mass is 127. The molecule has 9 heteroatoms. The molecule has 0 bridgehead atoms. The van der Waals surface area contributed by atoms with Crippen LogP contribution in [0, 0.1) is 3.57 Å². The number of imide groups is 1. The van der Waals surface area contributed by atoms with Gasteiger partial charge in [0.05, 0.1) is 21.5 Å². The molecule has 2 amide bonds. The first-order valence-electron chi connectivity index (χ1n) is 9.66. The molecule has 0 saturated carbocycles. The number of rotatable bonds is 6. The lowest BCUT2D eigenvalue weighted by atomic mass is 10.2. The van der Waals surface area contributed by atoms with E-state index in [1.165, 1.54) is 4.90 Å². The Balaban J connectivity index is 1.49. The van der Waals surface area contributed by atoms with Gasteiger partial charge in [0.1, 0.15) is 6.61 Å². The van der Waals surface area contributed by atoms with Crippen LogP contribution in [0.2, 0.25) is 15.1 Å². The molecule has 0 spiro atoms. The summed E-state index contributed by atoms with van der Waals surface area (Å²) in [6.07, 6.45) is 1.60. The number of benzene rings is 3. The van der Waals surface area contributed by atoms with Crippen LogP contribution in [0.15, 0.2) is 65.6 Å². The predicted octanol–water partition coefficient (Wildman–Crippen LogP) is 8.07. The van der Waals surface area contributed by atoms with Crippen molar-refractivity contribution in [3.05, 3.63) is 101 Å². The highest BCUT2D eigenvalue weighted by molar-refractivity contribution is 14.1. The predicted molar refractivity (Wildman–Crippen MR) is 143 cm³/mol. The molecule has 1 aliphatic heterocycles. The van der Waals surface area contributed by atoms with Gasteiger partial charge in [0, 0.05) is 8.59 Å².